The van der Waals surface area contributed by atoms with E-state index < -0.39 is 0 Å². The van der Waals surface area contributed by atoms with Gasteiger partial charge in [0.2, 0.25) is 5.91 Å². The Morgan fingerprint density at radius 1 is 1.41 bits per heavy atom. The van der Waals surface area contributed by atoms with Gasteiger partial charge < -0.3 is 15.7 Å². The molecule has 0 saturated carbocycles. The van der Waals surface area contributed by atoms with Crippen LogP contribution in [-0.2, 0) is 4.79 Å². The lowest BCUT2D eigenvalue weighted by Gasteiger charge is -2.17. The fourth-order valence-electron chi connectivity index (χ4n) is 1.63. The lowest BCUT2D eigenvalue weighted by atomic mass is 10.1. The Kier molecular flexibility index (Phi) is 4.97. The summed E-state index contributed by atoms with van der Waals surface area (Å²) in [4.78, 5) is 11.8. The molecule has 0 aromatic heterocycles. The number of amides is 1. The first-order valence-corrected chi connectivity index (χ1v) is 5.78. The molecule has 1 aromatic rings. The normalized spacial score (nSPS) is 14.1. The number of hydrogen-bond donors (Lipinski definition) is 3. The summed E-state index contributed by atoms with van der Waals surface area (Å²) in [7, 11) is 1.82. The number of aromatic hydroxyl groups is 1. The molecule has 1 rings (SSSR count). The molecule has 0 heterocycles. The van der Waals surface area contributed by atoms with Crippen LogP contribution in [0.2, 0.25) is 0 Å². The first kappa shape index (κ1) is 13.5. The van der Waals surface area contributed by atoms with Crippen LogP contribution in [0.15, 0.2) is 24.3 Å². The average Bonchev–Trinajstić information content (AvgIpc) is 2.29. The number of hydrogen-bond acceptors (Lipinski definition) is 3. The fraction of sp³-hybridized carbons (Fsp3) is 0.462. The SMILES string of the molecule is CNCC(C)C(=O)NC(C)c1cccc(O)c1. The van der Waals surface area contributed by atoms with Gasteiger partial charge in [-0.25, -0.2) is 0 Å². The zero-order valence-electron chi connectivity index (χ0n) is 10.5. The minimum atomic E-state index is -0.103. The highest BCUT2D eigenvalue weighted by molar-refractivity contribution is 5.78. The van der Waals surface area contributed by atoms with Gasteiger partial charge in [-0.3, -0.25) is 4.79 Å². The topological polar surface area (TPSA) is 61.4 Å². The Bertz CT molecular complexity index is 379. The van der Waals surface area contributed by atoms with E-state index in [1.807, 2.05) is 27.0 Å². The van der Waals surface area contributed by atoms with E-state index >= 15 is 0 Å². The van der Waals surface area contributed by atoms with Gasteiger partial charge in [-0.15, -0.1) is 0 Å². The molecule has 0 radical (unpaired) electrons. The van der Waals surface area contributed by atoms with E-state index in [0.717, 1.165) is 5.56 Å². The van der Waals surface area contributed by atoms with Crippen LogP contribution >= 0.6 is 0 Å². The molecule has 0 aliphatic carbocycles. The number of benzene rings is 1. The Balaban J connectivity index is 2.60. The van der Waals surface area contributed by atoms with Crippen molar-refractivity contribution in [2.45, 2.75) is 19.9 Å². The molecule has 94 valence electrons. The molecule has 4 nitrogen and oxygen atoms in total. The van der Waals surface area contributed by atoms with Crippen molar-refractivity contribution in [2.75, 3.05) is 13.6 Å². The molecule has 0 bridgehead atoms. The van der Waals surface area contributed by atoms with Crippen molar-refractivity contribution in [3.8, 4) is 5.75 Å². The lowest BCUT2D eigenvalue weighted by Crippen LogP contribution is -2.35. The molecular formula is C13H20N2O2. The summed E-state index contributed by atoms with van der Waals surface area (Å²) in [5.41, 5.74) is 0.898. The van der Waals surface area contributed by atoms with Gasteiger partial charge in [0, 0.05) is 12.5 Å². The minimum Gasteiger partial charge on any atom is -0.508 e. The van der Waals surface area contributed by atoms with E-state index in [0.29, 0.717) is 6.54 Å². The summed E-state index contributed by atoms with van der Waals surface area (Å²) in [6.45, 7) is 4.43. The number of phenolic OH excluding ortho intramolecular Hbond substituents is 1. The molecule has 0 fully saturated rings. The smallest absolute Gasteiger partial charge is 0.224 e. The van der Waals surface area contributed by atoms with Gasteiger partial charge in [0.25, 0.3) is 0 Å². The molecule has 3 N–H and O–H groups in total. The van der Waals surface area contributed by atoms with Crippen molar-refractivity contribution >= 4 is 5.91 Å². The number of phenols is 1. The van der Waals surface area contributed by atoms with Crippen molar-refractivity contribution in [2.24, 2.45) is 5.92 Å². The third kappa shape index (κ3) is 4.07. The maximum atomic E-state index is 11.8. The second kappa shape index (κ2) is 6.25. The molecule has 2 unspecified atom stereocenters. The lowest BCUT2D eigenvalue weighted by molar-refractivity contribution is -0.125. The quantitative estimate of drug-likeness (QED) is 0.724. The van der Waals surface area contributed by atoms with Crippen LogP contribution in [0.5, 0.6) is 5.75 Å². The zero-order valence-corrected chi connectivity index (χ0v) is 10.5. The largest absolute Gasteiger partial charge is 0.508 e. The predicted octanol–water partition coefficient (Wildman–Crippen LogP) is 1.42. The van der Waals surface area contributed by atoms with Crippen LogP contribution in [0.1, 0.15) is 25.5 Å². The third-order valence-corrected chi connectivity index (χ3v) is 2.69. The maximum Gasteiger partial charge on any atom is 0.224 e. The van der Waals surface area contributed by atoms with Gasteiger partial charge in [-0.1, -0.05) is 19.1 Å². The molecule has 0 aliphatic rings. The summed E-state index contributed by atoms with van der Waals surface area (Å²) >= 11 is 0. The number of carbonyl (C=O) groups is 1. The second-order valence-electron chi connectivity index (χ2n) is 4.28. The standard InChI is InChI=1S/C13H20N2O2/c1-9(8-14-3)13(17)15-10(2)11-5-4-6-12(16)7-11/h4-7,9-10,14,16H,8H2,1-3H3,(H,15,17). The first-order chi connectivity index (χ1) is 8.04. The molecule has 4 heteroatoms. The monoisotopic (exact) mass is 236 g/mol. The second-order valence-corrected chi connectivity index (χ2v) is 4.28. The van der Waals surface area contributed by atoms with Gasteiger partial charge in [-0.05, 0) is 31.7 Å². The summed E-state index contributed by atoms with van der Waals surface area (Å²) in [5.74, 6) is 0.154. The van der Waals surface area contributed by atoms with Crippen LogP contribution in [0.3, 0.4) is 0 Å². The molecule has 1 amide bonds. The van der Waals surface area contributed by atoms with E-state index in [1.54, 1.807) is 18.2 Å². The zero-order chi connectivity index (χ0) is 12.8. The Labute approximate surface area is 102 Å². The van der Waals surface area contributed by atoms with Crippen molar-refractivity contribution in [3.05, 3.63) is 29.8 Å². The van der Waals surface area contributed by atoms with Gasteiger partial charge in [0.1, 0.15) is 5.75 Å². The highest BCUT2D eigenvalue weighted by Crippen LogP contribution is 2.17. The van der Waals surface area contributed by atoms with E-state index in [9.17, 15) is 9.90 Å². The van der Waals surface area contributed by atoms with E-state index in [4.69, 9.17) is 0 Å². The van der Waals surface area contributed by atoms with E-state index in [2.05, 4.69) is 10.6 Å². The Hall–Kier alpha value is -1.55. The first-order valence-electron chi connectivity index (χ1n) is 5.78. The molecule has 0 aliphatic heterocycles. The van der Waals surface area contributed by atoms with E-state index in [-0.39, 0.29) is 23.6 Å². The van der Waals surface area contributed by atoms with Crippen LogP contribution in [0.25, 0.3) is 0 Å². The molecule has 0 saturated heterocycles. The molecule has 0 spiro atoms. The number of nitrogens with one attached hydrogen (secondary N) is 2. The Morgan fingerprint density at radius 2 is 2.12 bits per heavy atom. The third-order valence-electron chi connectivity index (χ3n) is 2.69. The van der Waals surface area contributed by atoms with Crippen LogP contribution in [-0.4, -0.2) is 24.6 Å². The summed E-state index contributed by atoms with van der Waals surface area (Å²) in [6.07, 6.45) is 0. The molecule has 2 atom stereocenters. The summed E-state index contributed by atoms with van der Waals surface area (Å²) < 4.78 is 0. The van der Waals surface area contributed by atoms with Crippen molar-refractivity contribution in [1.82, 2.24) is 10.6 Å². The van der Waals surface area contributed by atoms with Gasteiger partial charge in [0.05, 0.1) is 6.04 Å². The minimum absolute atomic E-state index is 0.00944. The molecule has 17 heavy (non-hydrogen) atoms. The van der Waals surface area contributed by atoms with E-state index in [1.165, 1.54) is 0 Å². The highest BCUT2D eigenvalue weighted by Gasteiger charge is 2.15. The van der Waals surface area contributed by atoms with Crippen LogP contribution in [0, 0.1) is 5.92 Å². The number of carbonyl (C=O) groups excluding carboxylic acids is 1. The summed E-state index contributed by atoms with van der Waals surface area (Å²) in [6, 6.07) is 6.82. The van der Waals surface area contributed by atoms with Crippen LogP contribution < -0.4 is 10.6 Å². The molecule has 1 aromatic carbocycles. The van der Waals surface area contributed by atoms with Crippen molar-refractivity contribution in [3.63, 3.8) is 0 Å². The summed E-state index contributed by atoms with van der Waals surface area (Å²) in [5, 5.41) is 15.3. The van der Waals surface area contributed by atoms with Crippen molar-refractivity contribution in [1.29, 1.82) is 0 Å². The van der Waals surface area contributed by atoms with Crippen LogP contribution in [0.4, 0.5) is 0 Å². The van der Waals surface area contributed by atoms with Gasteiger partial charge >= 0.3 is 0 Å². The fourth-order valence-corrected chi connectivity index (χ4v) is 1.63. The predicted molar refractivity (Wildman–Crippen MR) is 67.8 cm³/mol. The number of rotatable bonds is 5. The Morgan fingerprint density at radius 3 is 2.71 bits per heavy atom. The average molecular weight is 236 g/mol. The van der Waals surface area contributed by atoms with Crippen molar-refractivity contribution < 1.29 is 9.90 Å². The maximum absolute atomic E-state index is 11.8. The van der Waals surface area contributed by atoms with Gasteiger partial charge in [-0.2, -0.15) is 0 Å². The highest BCUT2D eigenvalue weighted by atomic mass is 16.3. The molecular weight excluding hydrogens is 216 g/mol. The van der Waals surface area contributed by atoms with Gasteiger partial charge in [0.15, 0.2) is 0 Å².